The minimum Gasteiger partial charge on any atom is -0.333 e. The monoisotopic (exact) mass is 526 g/mol. The molecule has 0 fully saturated rings. The summed E-state index contributed by atoms with van der Waals surface area (Å²) < 4.78 is 2.08. The molecule has 198 valence electrons. The number of aromatic nitrogens is 3. The van der Waals surface area contributed by atoms with E-state index in [-0.39, 0.29) is 22.6 Å². The summed E-state index contributed by atoms with van der Waals surface area (Å²) in [5.74, 6) is 1.12. The lowest BCUT2D eigenvalue weighted by Crippen LogP contribution is -2.45. The number of benzene rings is 3. The highest BCUT2D eigenvalue weighted by atomic mass is 32.2. The molecule has 5 nitrogen and oxygen atoms in total. The molecule has 4 aromatic rings. The average Bonchev–Trinajstić information content (AvgIpc) is 3.29. The first-order chi connectivity index (χ1) is 17.9. The highest BCUT2D eigenvalue weighted by molar-refractivity contribution is 7.99. The molecular weight excluding hydrogens is 488 g/mol. The van der Waals surface area contributed by atoms with Gasteiger partial charge in [0, 0.05) is 17.6 Å². The summed E-state index contributed by atoms with van der Waals surface area (Å²) in [5.41, 5.74) is 5.27. The maximum absolute atomic E-state index is 13.5. The number of thioether (sulfide) groups is 1. The fourth-order valence-electron chi connectivity index (χ4n) is 4.37. The summed E-state index contributed by atoms with van der Waals surface area (Å²) in [6.45, 7) is 15.5. The number of hydrogen-bond donors (Lipinski definition) is 0. The third-order valence-corrected chi connectivity index (χ3v) is 7.53. The number of carbonyl (C=O) groups is 1. The maximum atomic E-state index is 13.5. The number of rotatable bonds is 7. The summed E-state index contributed by atoms with van der Waals surface area (Å²) in [5, 5.41) is 9.87. The van der Waals surface area contributed by atoms with Gasteiger partial charge in [0.1, 0.15) is 0 Å². The Balaban J connectivity index is 1.65. The molecule has 0 radical (unpaired) electrons. The second-order valence-corrected chi connectivity index (χ2v) is 12.6. The van der Waals surface area contributed by atoms with Crippen molar-refractivity contribution in [1.82, 2.24) is 19.7 Å². The molecule has 0 spiro atoms. The van der Waals surface area contributed by atoms with Crippen LogP contribution in [0.25, 0.3) is 17.1 Å². The summed E-state index contributed by atoms with van der Waals surface area (Å²) in [6, 6.07) is 26.9. The third kappa shape index (κ3) is 6.36. The number of hydrogen-bond acceptors (Lipinski definition) is 4. The highest BCUT2D eigenvalue weighted by Gasteiger charge is 2.27. The molecule has 0 unspecified atom stereocenters. The number of amides is 1. The van der Waals surface area contributed by atoms with Gasteiger partial charge >= 0.3 is 0 Å². The average molecular weight is 527 g/mol. The van der Waals surface area contributed by atoms with Gasteiger partial charge in [0.15, 0.2) is 11.0 Å². The van der Waals surface area contributed by atoms with Crippen molar-refractivity contribution >= 4 is 17.7 Å². The number of aryl methyl sites for hydroxylation is 1. The Hall–Kier alpha value is -3.38. The summed E-state index contributed by atoms with van der Waals surface area (Å²) in [4.78, 5) is 15.5. The lowest BCUT2D eigenvalue weighted by atomic mass is 9.87. The van der Waals surface area contributed by atoms with Crippen molar-refractivity contribution < 1.29 is 4.79 Å². The molecule has 0 aliphatic heterocycles. The van der Waals surface area contributed by atoms with Gasteiger partial charge in [-0.15, -0.1) is 10.2 Å². The van der Waals surface area contributed by atoms with Gasteiger partial charge in [0.25, 0.3) is 0 Å². The molecule has 0 aliphatic rings. The Bertz CT molecular complexity index is 1380. The molecule has 1 heterocycles. The quantitative estimate of drug-likeness (QED) is 0.235. The SMILES string of the molecule is Cc1ccccc1-n1c(SCC(=O)N(Cc2ccccc2)C(C)(C)C)nnc1-c1ccc(C(C)(C)C)cc1. The van der Waals surface area contributed by atoms with Crippen LogP contribution in [-0.4, -0.2) is 36.9 Å². The molecule has 38 heavy (non-hydrogen) atoms. The van der Waals surface area contributed by atoms with Gasteiger partial charge in [-0.1, -0.05) is 105 Å². The zero-order chi connectivity index (χ0) is 27.5. The highest BCUT2D eigenvalue weighted by Crippen LogP contribution is 2.32. The predicted octanol–water partition coefficient (Wildman–Crippen LogP) is 7.46. The molecule has 0 atom stereocenters. The molecule has 3 aromatic carbocycles. The molecule has 0 bridgehead atoms. The van der Waals surface area contributed by atoms with Crippen molar-refractivity contribution in [3.63, 3.8) is 0 Å². The molecule has 6 heteroatoms. The molecular formula is C32H38N4OS. The summed E-state index contributed by atoms with van der Waals surface area (Å²) in [7, 11) is 0. The lowest BCUT2D eigenvalue weighted by Gasteiger charge is -2.36. The van der Waals surface area contributed by atoms with Gasteiger partial charge in [0.05, 0.1) is 11.4 Å². The fourth-order valence-corrected chi connectivity index (χ4v) is 5.19. The maximum Gasteiger partial charge on any atom is 0.233 e. The zero-order valence-electron chi connectivity index (χ0n) is 23.5. The topological polar surface area (TPSA) is 51.0 Å². The second kappa shape index (κ2) is 11.2. The Morgan fingerprint density at radius 2 is 1.47 bits per heavy atom. The van der Waals surface area contributed by atoms with Crippen LogP contribution in [0.5, 0.6) is 0 Å². The van der Waals surface area contributed by atoms with E-state index >= 15 is 0 Å². The van der Waals surface area contributed by atoms with E-state index in [0.29, 0.717) is 11.7 Å². The van der Waals surface area contributed by atoms with E-state index in [1.807, 2.05) is 35.2 Å². The van der Waals surface area contributed by atoms with Gasteiger partial charge < -0.3 is 4.90 Å². The van der Waals surface area contributed by atoms with Gasteiger partial charge in [-0.05, 0) is 55.9 Å². The van der Waals surface area contributed by atoms with Crippen LogP contribution in [0, 0.1) is 6.92 Å². The first-order valence-electron chi connectivity index (χ1n) is 13.0. The molecule has 0 saturated carbocycles. The first kappa shape index (κ1) is 27.6. The molecule has 1 amide bonds. The number of carbonyl (C=O) groups excluding carboxylic acids is 1. The van der Waals surface area contributed by atoms with E-state index in [4.69, 9.17) is 0 Å². The Labute approximate surface area is 231 Å². The zero-order valence-corrected chi connectivity index (χ0v) is 24.3. The number of nitrogens with zero attached hydrogens (tertiary/aromatic N) is 4. The second-order valence-electron chi connectivity index (χ2n) is 11.7. The van der Waals surface area contributed by atoms with Crippen molar-refractivity contribution in [2.45, 2.75) is 71.1 Å². The van der Waals surface area contributed by atoms with Crippen LogP contribution in [0.3, 0.4) is 0 Å². The normalized spacial score (nSPS) is 12.0. The standard InChI is InChI=1S/C32H38N4OS/c1-23-13-11-12-16-27(23)36-29(25-17-19-26(20-18-25)31(2,3)4)33-34-30(36)38-22-28(37)35(32(5,6)7)21-24-14-9-8-10-15-24/h8-20H,21-22H2,1-7H3. The summed E-state index contributed by atoms with van der Waals surface area (Å²) in [6.07, 6.45) is 0. The van der Waals surface area contributed by atoms with Gasteiger partial charge in [-0.2, -0.15) is 0 Å². The molecule has 1 aromatic heterocycles. The van der Waals surface area contributed by atoms with Crippen LogP contribution < -0.4 is 0 Å². The molecule has 4 rings (SSSR count). The Morgan fingerprint density at radius 3 is 2.08 bits per heavy atom. The van der Waals surface area contributed by atoms with Crippen LogP contribution >= 0.6 is 11.8 Å². The van der Waals surface area contributed by atoms with Crippen molar-refractivity contribution in [2.24, 2.45) is 0 Å². The van der Waals surface area contributed by atoms with Crippen LogP contribution in [0.1, 0.15) is 58.2 Å². The van der Waals surface area contributed by atoms with Crippen LogP contribution in [0.2, 0.25) is 0 Å². The number of para-hydroxylation sites is 1. The van der Waals surface area contributed by atoms with Crippen LogP contribution in [0.15, 0.2) is 84.0 Å². The Morgan fingerprint density at radius 1 is 0.842 bits per heavy atom. The van der Waals surface area contributed by atoms with E-state index in [1.54, 1.807) is 0 Å². The van der Waals surface area contributed by atoms with Gasteiger partial charge in [-0.3, -0.25) is 9.36 Å². The molecule has 0 saturated heterocycles. The van der Waals surface area contributed by atoms with Gasteiger partial charge in [0.2, 0.25) is 5.91 Å². The van der Waals surface area contributed by atoms with E-state index in [2.05, 4.69) is 112 Å². The predicted molar refractivity (Wildman–Crippen MR) is 158 cm³/mol. The van der Waals surface area contributed by atoms with Crippen molar-refractivity contribution in [2.75, 3.05) is 5.75 Å². The largest absolute Gasteiger partial charge is 0.333 e. The minimum atomic E-state index is -0.308. The van der Waals surface area contributed by atoms with E-state index < -0.39 is 0 Å². The van der Waals surface area contributed by atoms with E-state index in [9.17, 15) is 4.79 Å². The first-order valence-corrected chi connectivity index (χ1v) is 14.0. The van der Waals surface area contributed by atoms with Gasteiger partial charge in [-0.25, -0.2) is 0 Å². The van der Waals surface area contributed by atoms with Crippen molar-refractivity contribution in [3.8, 4) is 17.1 Å². The van der Waals surface area contributed by atoms with Crippen molar-refractivity contribution in [1.29, 1.82) is 0 Å². The minimum absolute atomic E-state index is 0.0711. The van der Waals surface area contributed by atoms with Crippen LogP contribution in [-0.2, 0) is 16.8 Å². The van der Waals surface area contributed by atoms with E-state index in [0.717, 1.165) is 28.2 Å². The molecule has 0 aliphatic carbocycles. The Kier molecular flexibility index (Phi) is 8.12. The van der Waals surface area contributed by atoms with Crippen LogP contribution in [0.4, 0.5) is 0 Å². The molecule has 0 N–H and O–H groups in total. The van der Waals surface area contributed by atoms with E-state index in [1.165, 1.54) is 17.3 Å². The summed E-state index contributed by atoms with van der Waals surface area (Å²) >= 11 is 1.43. The third-order valence-electron chi connectivity index (χ3n) is 6.62. The smallest absolute Gasteiger partial charge is 0.233 e. The fraction of sp³-hybridized carbons (Fsp3) is 0.344. The lowest BCUT2D eigenvalue weighted by molar-refractivity contribution is -0.133. The van der Waals surface area contributed by atoms with Crippen molar-refractivity contribution in [3.05, 3.63) is 95.6 Å².